The molecule has 1 saturated heterocycles. The third-order valence-electron chi connectivity index (χ3n) is 3.40. The molecule has 0 radical (unpaired) electrons. The van der Waals surface area contributed by atoms with Gasteiger partial charge in [-0.2, -0.15) is 0 Å². The highest BCUT2D eigenvalue weighted by Gasteiger charge is 2.24. The van der Waals surface area contributed by atoms with Crippen molar-refractivity contribution in [3.05, 3.63) is 28.2 Å². The highest BCUT2D eigenvalue weighted by Crippen LogP contribution is 2.27. The summed E-state index contributed by atoms with van der Waals surface area (Å²) in [4.78, 5) is 2.32. The molecule has 1 fully saturated rings. The van der Waals surface area contributed by atoms with Crippen LogP contribution in [0.2, 0.25) is 0 Å². The smallest absolute Gasteiger partial charge is 0.0599 e. The number of nitrogens with zero attached hydrogens (tertiary/aromatic N) is 1. The Bertz CT molecular complexity index is 397. The SMILES string of the molecule is CC1CN(c2cc(Br)cc(CN)c2)CCC1O. The summed E-state index contributed by atoms with van der Waals surface area (Å²) in [7, 11) is 0. The molecular formula is C13H19BrN2O. The van der Waals surface area contributed by atoms with Crippen LogP contribution in [0.4, 0.5) is 5.69 Å². The molecule has 1 aliphatic rings. The van der Waals surface area contributed by atoms with Gasteiger partial charge in [-0.05, 0) is 36.1 Å². The van der Waals surface area contributed by atoms with Gasteiger partial charge in [-0.3, -0.25) is 0 Å². The van der Waals surface area contributed by atoms with Crippen LogP contribution in [0.5, 0.6) is 0 Å². The van der Waals surface area contributed by atoms with E-state index in [1.54, 1.807) is 0 Å². The molecule has 3 N–H and O–H groups in total. The molecule has 0 aliphatic carbocycles. The van der Waals surface area contributed by atoms with E-state index >= 15 is 0 Å². The van der Waals surface area contributed by atoms with Crippen molar-refractivity contribution in [1.29, 1.82) is 0 Å². The van der Waals surface area contributed by atoms with Gasteiger partial charge in [0, 0.05) is 29.8 Å². The number of hydrogen-bond acceptors (Lipinski definition) is 3. The first-order valence-electron chi connectivity index (χ1n) is 6.02. The lowest BCUT2D eigenvalue weighted by Gasteiger charge is -2.36. The zero-order chi connectivity index (χ0) is 12.4. The monoisotopic (exact) mass is 298 g/mol. The van der Waals surface area contributed by atoms with E-state index in [-0.39, 0.29) is 6.10 Å². The Hall–Kier alpha value is -0.580. The van der Waals surface area contributed by atoms with Gasteiger partial charge in [-0.15, -0.1) is 0 Å². The minimum atomic E-state index is -0.160. The average Bonchev–Trinajstić information content (AvgIpc) is 2.32. The predicted molar refractivity (Wildman–Crippen MR) is 74.0 cm³/mol. The van der Waals surface area contributed by atoms with E-state index in [9.17, 15) is 5.11 Å². The lowest BCUT2D eigenvalue weighted by atomic mass is 9.96. The van der Waals surface area contributed by atoms with Crippen LogP contribution in [0.1, 0.15) is 18.9 Å². The maximum atomic E-state index is 9.74. The molecule has 2 atom stereocenters. The fourth-order valence-electron chi connectivity index (χ4n) is 2.30. The quantitative estimate of drug-likeness (QED) is 0.879. The topological polar surface area (TPSA) is 49.5 Å². The summed E-state index contributed by atoms with van der Waals surface area (Å²) in [6.45, 7) is 4.46. The van der Waals surface area contributed by atoms with Gasteiger partial charge < -0.3 is 15.7 Å². The second kappa shape index (κ2) is 5.38. The first-order valence-corrected chi connectivity index (χ1v) is 6.82. The number of piperidine rings is 1. The lowest BCUT2D eigenvalue weighted by Crippen LogP contribution is -2.42. The van der Waals surface area contributed by atoms with Crippen LogP contribution in [-0.2, 0) is 6.54 Å². The van der Waals surface area contributed by atoms with Crippen molar-refractivity contribution in [2.24, 2.45) is 11.7 Å². The fourth-order valence-corrected chi connectivity index (χ4v) is 2.83. The van der Waals surface area contributed by atoms with Crippen LogP contribution in [0.15, 0.2) is 22.7 Å². The average molecular weight is 299 g/mol. The number of rotatable bonds is 2. The summed E-state index contributed by atoms with van der Waals surface area (Å²) in [6.07, 6.45) is 0.679. The Kier molecular flexibility index (Phi) is 4.07. The third kappa shape index (κ3) is 3.00. The predicted octanol–water partition coefficient (Wildman–Crippen LogP) is 2.11. The maximum absolute atomic E-state index is 9.74. The Labute approximate surface area is 111 Å². The summed E-state index contributed by atoms with van der Waals surface area (Å²) in [5.41, 5.74) is 8.01. The van der Waals surface area contributed by atoms with Crippen molar-refractivity contribution in [1.82, 2.24) is 0 Å². The second-order valence-electron chi connectivity index (χ2n) is 4.80. The highest BCUT2D eigenvalue weighted by atomic mass is 79.9. The number of nitrogens with two attached hydrogens (primary N) is 1. The van der Waals surface area contributed by atoms with Crippen molar-refractivity contribution in [2.45, 2.75) is 26.0 Å². The molecule has 1 aromatic carbocycles. The zero-order valence-corrected chi connectivity index (χ0v) is 11.7. The second-order valence-corrected chi connectivity index (χ2v) is 5.72. The largest absolute Gasteiger partial charge is 0.393 e. The summed E-state index contributed by atoms with van der Waals surface area (Å²) in [5.74, 6) is 0.323. The molecular weight excluding hydrogens is 280 g/mol. The molecule has 1 heterocycles. The van der Waals surface area contributed by atoms with Crippen LogP contribution >= 0.6 is 15.9 Å². The van der Waals surface area contributed by atoms with Crippen LogP contribution in [0.3, 0.4) is 0 Å². The number of benzene rings is 1. The molecule has 1 aromatic rings. The van der Waals surface area contributed by atoms with Crippen molar-refractivity contribution < 1.29 is 5.11 Å². The summed E-state index contributed by atoms with van der Waals surface area (Å²) < 4.78 is 1.06. The van der Waals surface area contributed by atoms with Crippen LogP contribution in [0.25, 0.3) is 0 Å². The molecule has 0 spiro atoms. The molecule has 0 bridgehead atoms. The number of halogens is 1. The molecule has 2 rings (SSSR count). The third-order valence-corrected chi connectivity index (χ3v) is 3.86. The van der Waals surface area contributed by atoms with Gasteiger partial charge in [0.15, 0.2) is 0 Å². The zero-order valence-electron chi connectivity index (χ0n) is 10.1. The number of hydrogen-bond donors (Lipinski definition) is 2. The number of aliphatic hydroxyl groups excluding tert-OH is 1. The van der Waals surface area contributed by atoms with Crippen molar-refractivity contribution >= 4 is 21.6 Å². The summed E-state index contributed by atoms with van der Waals surface area (Å²) >= 11 is 3.52. The van der Waals surface area contributed by atoms with Gasteiger partial charge >= 0.3 is 0 Å². The van der Waals surface area contributed by atoms with E-state index in [0.29, 0.717) is 12.5 Å². The van der Waals surface area contributed by atoms with Gasteiger partial charge in [0.05, 0.1) is 6.10 Å². The molecule has 1 aliphatic heterocycles. The molecule has 0 amide bonds. The maximum Gasteiger partial charge on any atom is 0.0599 e. The van der Waals surface area contributed by atoms with E-state index in [1.807, 2.05) is 6.07 Å². The minimum Gasteiger partial charge on any atom is -0.393 e. The highest BCUT2D eigenvalue weighted by molar-refractivity contribution is 9.10. The van der Waals surface area contributed by atoms with Crippen LogP contribution in [-0.4, -0.2) is 24.3 Å². The standard InChI is InChI=1S/C13H19BrN2O/c1-9-8-16(3-2-13(9)17)12-5-10(7-15)4-11(14)6-12/h4-6,9,13,17H,2-3,7-8,15H2,1H3. The van der Waals surface area contributed by atoms with Crippen molar-refractivity contribution in [3.8, 4) is 0 Å². The van der Waals surface area contributed by atoms with E-state index < -0.39 is 0 Å². The summed E-state index contributed by atoms with van der Waals surface area (Å²) in [5, 5.41) is 9.74. The minimum absolute atomic E-state index is 0.160. The Morgan fingerprint density at radius 2 is 2.24 bits per heavy atom. The molecule has 94 valence electrons. The van der Waals surface area contributed by atoms with Gasteiger partial charge in [-0.25, -0.2) is 0 Å². The van der Waals surface area contributed by atoms with Crippen LogP contribution in [0, 0.1) is 5.92 Å². The van der Waals surface area contributed by atoms with E-state index in [2.05, 4.69) is 39.9 Å². The molecule has 2 unspecified atom stereocenters. The van der Waals surface area contributed by atoms with E-state index in [0.717, 1.165) is 29.5 Å². The Morgan fingerprint density at radius 3 is 2.88 bits per heavy atom. The number of anilines is 1. The normalized spacial score (nSPS) is 25.1. The van der Waals surface area contributed by atoms with Gasteiger partial charge in [0.25, 0.3) is 0 Å². The van der Waals surface area contributed by atoms with E-state index in [4.69, 9.17) is 5.73 Å². The van der Waals surface area contributed by atoms with Crippen LogP contribution < -0.4 is 10.6 Å². The van der Waals surface area contributed by atoms with Gasteiger partial charge in [-0.1, -0.05) is 22.9 Å². The molecule has 0 saturated carbocycles. The first-order chi connectivity index (χ1) is 8.10. The Morgan fingerprint density at radius 1 is 1.47 bits per heavy atom. The van der Waals surface area contributed by atoms with Gasteiger partial charge in [0.1, 0.15) is 0 Å². The Balaban J connectivity index is 2.19. The molecule has 17 heavy (non-hydrogen) atoms. The first kappa shape index (κ1) is 12.9. The van der Waals surface area contributed by atoms with Crippen molar-refractivity contribution in [2.75, 3.05) is 18.0 Å². The van der Waals surface area contributed by atoms with Gasteiger partial charge in [0.2, 0.25) is 0 Å². The fraction of sp³-hybridized carbons (Fsp3) is 0.538. The molecule has 3 nitrogen and oxygen atoms in total. The molecule has 4 heteroatoms. The lowest BCUT2D eigenvalue weighted by molar-refractivity contribution is 0.0971. The molecule has 0 aromatic heterocycles. The van der Waals surface area contributed by atoms with E-state index in [1.165, 1.54) is 5.69 Å². The number of aliphatic hydroxyl groups is 1. The summed E-state index contributed by atoms with van der Waals surface area (Å²) in [6, 6.07) is 6.30. The van der Waals surface area contributed by atoms with Crippen molar-refractivity contribution in [3.63, 3.8) is 0 Å².